The van der Waals surface area contributed by atoms with Gasteiger partial charge in [0.15, 0.2) is 5.96 Å². The van der Waals surface area contributed by atoms with E-state index in [2.05, 4.69) is 42.9 Å². The van der Waals surface area contributed by atoms with Crippen molar-refractivity contribution in [3.05, 3.63) is 17.0 Å². The second kappa shape index (κ2) is 6.07. The van der Waals surface area contributed by atoms with Crippen LogP contribution < -0.4 is 10.5 Å². The molecule has 0 bridgehead atoms. The standard InChI is InChI=1S/C15H26N4O2S2/c1-6-17-13(19-10-14(2,3)15(19,4)5)18-9-11-7-8-12(22-11)23(16,20)21/h7-8H,6,9-10H2,1-5H3,(H,17,18)(H2,16,20,21). The van der Waals surface area contributed by atoms with E-state index in [1.807, 2.05) is 6.92 Å². The van der Waals surface area contributed by atoms with Gasteiger partial charge in [-0.15, -0.1) is 11.3 Å². The Labute approximate surface area is 142 Å². The normalized spacial score (nSPS) is 20.3. The molecule has 23 heavy (non-hydrogen) atoms. The molecule has 0 aromatic carbocycles. The largest absolute Gasteiger partial charge is 0.356 e. The maximum atomic E-state index is 11.3. The molecular weight excluding hydrogens is 332 g/mol. The summed E-state index contributed by atoms with van der Waals surface area (Å²) in [6, 6.07) is 3.30. The number of rotatable bonds is 4. The Hall–Kier alpha value is -1.12. The van der Waals surface area contributed by atoms with Gasteiger partial charge in [-0.05, 0) is 32.9 Å². The lowest BCUT2D eigenvalue weighted by atomic mass is 9.65. The topological polar surface area (TPSA) is 87.8 Å². The Balaban J connectivity index is 2.16. The van der Waals surface area contributed by atoms with Gasteiger partial charge in [-0.25, -0.2) is 18.5 Å². The van der Waals surface area contributed by atoms with Crippen LogP contribution in [0.2, 0.25) is 0 Å². The number of likely N-dealkylation sites (tertiary alicyclic amines) is 1. The second-order valence-electron chi connectivity index (χ2n) is 6.96. The Bertz CT molecular complexity index is 705. The molecule has 1 saturated heterocycles. The SMILES string of the molecule is CCNC(=NCc1ccc(S(N)(=O)=O)s1)N1CC(C)(C)C1(C)C. The monoisotopic (exact) mass is 358 g/mol. The van der Waals surface area contributed by atoms with E-state index in [9.17, 15) is 8.42 Å². The highest BCUT2D eigenvalue weighted by molar-refractivity contribution is 7.91. The number of thiophene rings is 1. The molecule has 1 aliphatic rings. The first-order valence-electron chi connectivity index (χ1n) is 7.66. The number of primary sulfonamides is 1. The molecule has 1 aromatic rings. The van der Waals surface area contributed by atoms with Gasteiger partial charge in [0.2, 0.25) is 10.0 Å². The van der Waals surface area contributed by atoms with Crippen molar-refractivity contribution in [1.82, 2.24) is 10.2 Å². The number of nitrogens with two attached hydrogens (primary N) is 1. The zero-order valence-corrected chi connectivity index (χ0v) is 16.0. The van der Waals surface area contributed by atoms with Crippen LogP contribution in [-0.4, -0.2) is 37.9 Å². The molecule has 0 unspecified atom stereocenters. The number of nitrogens with zero attached hydrogens (tertiary/aromatic N) is 2. The van der Waals surface area contributed by atoms with Gasteiger partial charge >= 0.3 is 0 Å². The lowest BCUT2D eigenvalue weighted by molar-refractivity contribution is -0.0667. The second-order valence-corrected chi connectivity index (χ2v) is 9.92. The molecule has 130 valence electrons. The fourth-order valence-electron chi connectivity index (χ4n) is 2.54. The molecule has 0 spiro atoms. The Morgan fingerprint density at radius 2 is 2.04 bits per heavy atom. The van der Waals surface area contributed by atoms with E-state index in [0.29, 0.717) is 6.54 Å². The molecule has 1 aliphatic heterocycles. The average molecular weight is 359 g/mol. The molecule has 1 aromatic heterocycles. The third-order valence-corrected chi connectivity index (χ3v) is 7.29. The van der Waals surface area contributed by atoms with Gasteiger partial charge in [0, 0.05) is 28.9 Å². The maximum Gasteiger partial charge on any atom is 0.247 e. The van der Waals surface area contributed by atoms with Crippen molar-refractivity contribution in [2.24, 2.45) is 15.5 Å². The Morgan fingerprint density at radius 1 is 1.39 bits per heavy atom. The van der Waals surface area contributed by atoms with E-state index in [1.165, 1.54) is 17.4 Å². The summed E-state index contributed by atoms with van der Waals surface area (Å²) in [6.07, 6.45) is 0. The van der Waals surface area contributed by atoms with Gasteiger partial charge in [-0.3, -0.25) is 0 Å². The van der Waals surface area contributed by atoms with E-state index in [0.717, 1.165) is 23.9 Å². The van der Waals surface area contributed by atoms with Gasteiger partial charge in [-0.1, -0.05) is 13.8 Å². The summed E-state index contributed by atoms with van der Waals surface area (Å²) in [5.74, 6) is 0.863. The molecular formula is C15H26N4O2S2. The van der Waals surface area contributed by atoms with Gasteiger partial charge in [0.05, 0.1) is 6.54 Å². The number of guanidine groups is 1. The molecule has 2 rings (SSSR count). The lowest BCUT2D eigenvalue weighted by Crippen LogP contribution is -2.72. The van der Waals surface area contributed by atoms with Crippen LogP contribution in [0.3, 0.4) is 0 Å². The van der Waals surface area contributed by atoms with Crippen LogP contribution in [0, 0.1) is 5.41 Å². The van der Waals surface area contributed by atoms with Crippen LogP contribution >= 0.6 is 11.3 Å². The predicted molar refractivity (Wildman–Crippen MR) is 95.1 cm³/mol. The molecule has 6 nitrogen and oxygen atoms in total. The molecule has 0 amide bonds. The molecule has 8 heteroatoms. The first-order valence-corrected chi connectivity index (χ1v) is 10.0. The minimum Gasteiger partial charge on any atom is -0.356 e. The minimum atomic E-state index is -3.63. The first kappa shape index (κ1) is 18.2. The fourth-order valence-corrected chi connectivity index (χ4v) is 4.25. The molecule has 2 heterocycles. The number of aliphatic imine (C=N–C) groups is 1. The van der Waals surface area contributed by atoms with Crippen molar-refractivity contribution in [3.63, 3.8) is 0 Å². The zero-order chi connectivity index (χ0) is 17.5. The van der Waals surface area contributed by atoms with Crippen molar-refractivity contribution in [2.75, 3.05) is 13.1 Å². The zero-order valence-electron chi connectivity index (χ0n) is 14.4. The summed E-state index contributed by atoms with van der Waals surface area (Å²) in [5, 5.41) is 8.47. The van der Waals surface area contributed by atoms with E-state index in [4.69, 9.17) is 5.14 Å². The minimum absolute atomic E-state index is 0.0230. The highest BCUT2D eigenvalue weighted by atomic mass is 32.2. The number of sulfonamides is 1. The van der Waals surface area contributed by atoms with Crippen molar-refractivity contribution in [2.45, 2.75) is 50.9 Å². The van der Waals surface area contributed by atoms with Crippen LogP contribution in [-0.2, 0) is 16.6 Å². The quantitative estimate of drug-likeness (QED) is 0.636. The summed E-state index contributed by atoms with van der Waals surface area (Å²) in [6.45, 7) is 13.2. The average Bonchev–Trinajstić information content (AvgIpc) is 2.90. The predicted octanol–water partition coefficient (Wildman–Crippen LogP) is 1.98. The van der Waals surface area contributed by atoms with Crippen molar-refractivity contribution < 1.29 is 8.42 Å². The number of nitrogens with one attached hydrogen (secondary N) is 1. The summed E-state index contributed by atoms with van der Waals surface area (Å²) in [7, 11) is -3.63. The van der Waals surface area contributed by atoms with Crippen LogP contribution in [0.15, 0.2) is 21.3 Å². The molecule has 0 aliphatic carbocycles. The lowest BCUT2D eigenvalue weighted by Gasteiger charge is -2.62. The van der Waals surface area contributed by atoms with E-state index < -0.39 is 10.0 Å². The summed E-state index contributed by atoms with van der Waals surface area (Å²) >= 11 is 1.17. The maximum absolute atomic E-state index is 11.3. The molecule has 0 radical (unpaired) electrons. The van der Waals surface area contributed by atoms with Crippen LogP contribution in [0.4, 0.5) is 0 Å². The Kier molecular flexibility index (Phi) is 4.81. The third-order valence-electron chi connectivity index (χ3n) is 4.78. The molecule has 0 saturated carbocycles. The van der Waals surface area contributed by atoms with Crippen LogP contribution in [0.5, 0.6) is 0 Å². The fraction of sp³-hybridized carbons (Fsp3) is 0.667. The van der Waals surface area contributed by atoms with Crippen molar-refractivity contribution >= 4 is 27.3 Å². The smallest absolute Gasteiger partial charge is 0.247 e. The van der Waals surface area contributed by atoms with Gasteiger partial charge in [-0.2, -0.15) is 0 Å². The Morgan fingerprint density at radius 3 is 2.48 bits per heavy atom. The molecule has 0 atom stereocenters. The van der Waals surface area contributed by atoms with Gasteiger partial charge < -0.3 is 10.2 Å². The number of hydrogen-bond acceptors (Lipinski definition) is 4. The van der Waals surface area contributed by atoms with Gasteiger partial charge in [0.25, 0.3) is 0 Å². The van der Waals surface area contributed by atoms with E-state index in [1.54, 1.807) is 6.07 Å². The summed E-state index contributed by atoms with van der Waals surface area (Å²) < 4.78 is 22.9. The van der Waals surface area contributed by atoms with Crippen molar-refractivity contribution in [3.8, 4) is 0 Å². The van der Waals surface area contributed by atoms with E-state index >= 15 is 0 Å². The highest BCUT2D eigenvalue weighted by Crippen LogP contribution is 2.46. The van der Waals surface area contributed by atoms with E-state index in [-0.39, 0.29) is 15.2 Å². The third kappa shape index (κ3) is 3.54. The first-order chi connectivity index (χ1) is 10.5. The highest BCUT2D eigenvalue weighted by Gasteiger charge is 2.53. The van der Waals surface area contributed by atoms with Crippen LogP contribution in [0.1, 0.15) is 39.5 Å². The van der Waals surface area contributed by atoms with Gasteiger partial charge in [0.1, 0.15) is 4.21 Å². The van der Waals surface area contributed by atoms with Crippen LogP contribution in [0.25, 0.3) is 0 Å². The summed E-state index contributed by atoms with van der Waals surface area (Å²) in [4.78, 5) is 7.81. The molecule has 3 N–H and O–H groups in total. The summed E-state index contributed by atoms with van der Waals surface area (Å²) in [5.41, 5.74) is 0.252. The number of hydrogen-bond donors (Lipinski definition) is 2. The van der Waals surface area contributed by atoms with Crippen molar-refractivity contribution in [1.29, 1.82) is 0 Å². The molecule has 1 fully saturated rings.